The SMILES string of the molecule is COc1ccc(NC(=O)C2CSCN2C(=O)c2ccc(OC)c(OC)c2)cc1. The number of anilines is 1. The number of thioether (sulfide) groups is 1. The van der Waals surface area contributed by atoms with Crippen LogP contribution < -0.4 is 19.5 Å². The molecule has 148 valence electrons. The molecule has 28 heavy (non-hydrogen) atoms. The van der Waals surface area contributed by atoms with Gasteiger partial charge in [0.1, 0.15) is 11.8 Å². The van der Waals surface area contributed by atoms with E-state index in [0.29, 0.717) is 40.1 Å². The fourth-order valence-electron chi connectivity index (χ4n) is 2.90. The van der Waals surface area contributed by atoms with E-state index in [4.69, 9.17) is 14.2 Å². The van der Waals surface area contributed by atoms with Crippen molar-refractivity contribution < 1.29 is 23.8 Å². The molecule has 1 heterocycles. The number of nitrogens with one attached hydrogen (secondary N) is 1. The van der Waals surface area contributed by atoms with E-state index in [9.17, 15) is 9.59 Å². The third kappa shape index (κ3) is 4.17. The van der Waals surface area contributed by atoms with Crippen molar-refractivity contribution in [2.75, 3.05) is 38.3 Å². The van der Waals surface area contributed by atoms with Crippen molar-refractivity contribution in [1.29, 1.82) is 0 Å². The number of nitrogens with zero attached hydrogens (tertiary/aromatic N) is 1. The van der Waals surface area contributed by atoms with Crippen molar-refractivity contribution in [1.82, 2.24) is 4.90 Å². The molecule has 2 aromatic carbocycles. The molecule has 2 aromatic rings. The molecule has 0 saturated carbocycles. The van der Waals surface area contributed by atoms with E-state index in [-0.39, 0.29) is 11.8 Å². The van der Waals surface area contributed by atoms with Crippen LogP contribution in [0.4, 0.5) is 5.69 Å². The van der Waals surface area contributed by atoms with Crippen molar-refractivity contribution >= 4 is 29.3 Å². The zero-order valence-electron chi connectivity index (χ0n) is 15.9. The largest absolute Gasteiger partial charge is 0.497 e. The van der Waals surface area contributed by atoms with Crippen molar-refractivity contribution in [3.63, 3.8) is 0 Å². The molecule has 1 aliphatic rings. The first-order chi connectivity index (χ1) is 13.6. The molecule has 0 aliphatic carbocycles. The summed E-state index contributed by atoms with van der Waals surface area (Å²) in [5.74, 6) is 2.28. The summed E-state index contributed by atoms with van der Waals surface area (Å²) in [6.07, 6.45) is 0. The first-order valence-corrected chi connectivity index (χ1v) is 9.78. The van der Waals surface area contributed by atoms with Crippen LogP contribution in [0.5, 0.6) is 17.2 Å². The Kier molecular flexibility index (Phi) is 6.30. The van der Waals surface area contributed by atoms with E-state index in [1.54, 1.807) is 66.2 Å². The maximum atomic E-state index is 13.0. The van der Waals surface area contributed by atoms with Crippen LogP contribution in [-0.4, -0.2) is 55.7 Å². The first kappa shape index (κ1) is 19.9. The van der Waals surface area contributed by atoms with Crippen LogP contribution >= 0.6 is 11.8 Å². The van der Waals surface area contributed by atoms with Crippen molar-refractivity contribution in [2.45, 2.75) is 6.04 Å². The maximum absolute atomic E-state index is 13.0. The van der Waals surface area contributed by atoms with Gasteiger partial charge >= 0.3 is 0 Å². The van der Waals surface area contributed by atoms with Crippen LogP contribution in [0.1, 0.15) is 10.4 Å². The van der Waals surface area contributed by atoms with Crippen LogP contribution in [0.25, 0.3) is 0 Å². The first-order valence-electron chi connectivity index (χ1n) is 8.63. The third-order valence-electron chi connectivity index (χ3n) is 4.43. The Morgan fingerprint density at radius 2 is 1.71 bits per heavy atom. The monoisotopic (exact) mass is 402 g/mol. The van der Waals surface area contributed by atoms with Crippen LogP contribution in [0.2, 0.25) is 0 Å². The van der Waals surface area contributed by atoms with Crippen LogP contribution in [0.3, 0.4) is 0 Å². The lowest BCUT2D eigenvalue weighted by molar-refractivity contribution is -0.119. The Bertz CT molecular complexity index is 856. The number of ether oxygens (including phenoxy) is 3. The van der Waals surface area contributed by atoms with Crippen molar-refractivity contribution in [3.05, 3.63) is 48.0 Å². The zero-order valence-corrected chi connectivity index (χ0v) is 16.7. The van der Waals surface area contributed by atoms with Gasteiger partial charge in [-0.05, 0) is 42.5 Å². The van der Waals surface area contributed by atoms with Gasteiger partial charge in [0.15, 0.2) is 11.5 Å². The fourth-order valence-corrected chi connectivity index (χ4v) is 4.05. The smallest absolute Gasteiger partial charge is 0.255 e. The summed E-state index contributed by atoms with van der Waals surface area (Å²) in [5, 5.41) is 2.87. The highest BCUT2D eigenvalue weighted by Gasteiger charge is 2.35. The topological polar surface area (TPSA) is 77.1 Å². The summed E-state index contributed by atoms with van der Waals surface area (Å²) >= 11 is 1.54. The predicted molar refractivity (Wildman–Crippen MR) is 108 cm³/mol. The molecule has 0 spiro atoms. The summed E-state index contributed by atoms with van der Waals surface area (Å²) in [6.45, 7) is 0. The molecule has 1 unspecified atom stereocenters. The minimum absolute atomic E-state index is 0.219. The highest BCUT2D eigenvalue weighted by atomic mass is 32.2. The lowest BCUT2D eigenvalue weighted by Crippen LogP contribution is -2.44. The number of methoxy groups -OCH3 is 3. The standard InChI is InChI=1S/C20H22N2O5S/c1-25-15-7-5-14(6-8-15)21-19(23)16-11-28-12-22(16)20(24)13-4-9-17(26-2)18(10-13)27-3/h4-10,16H,11-12H2,1-3H3,(H,21,23). The minimum atomic E-state index is -0.548. The zero-order chi connectivity index (χ0) is 20.1. The van der Waals surface area contributed by atoms with Gasteiger partial charge in [-0.15, -0.1) is 11.8 Å². The number of carbonyl (C=O) groups is 2. The molecule has 1 fully saturated rings. The summed E-state index contributed by atoms with van der Waals surface area (Å²) < 4.78 is 15.6. The molecule has 3 rings (SSSR count). The molecule has 0 bridgehead atoms. The van der Waals surface area contributed by atoms with E-state index >= 15 is 0 Å². The average Bonchev–Trinajstić information content (AvgIpc) is 3.23. The van der Waals surface area contributed by atoms with Crippen LogP contribution in [-0.2, 0) is 4.79 Å². The molecule has 2 amide bonds. The van der Waals surface area contributed by atoms with Crippen LogP contribution in [0.15, 0.2) is 42.5 Å². The predicted octanol–water partition coefficient (Wildman–Crippen LogP) is 2.87. The van der Waals surface area contributed by atoms with Gasteiger partial charge in [-0.1, -0.05) is 0 Å². The second-order valence-corrected chi connectivity index (χ2v) is 7.08. The number of hydrogen-bond donors (Lipinski definition) is 1. The maximum Gasteiger partial charge on any atom is 0.255 e. The van der Waals surface area contributed by atoms with Gasteiger partial charge in [0, 0.05) is 17.0 Å². The molecule has 1 aliphatic heterocycles. The number of rotatable bonds is 6. The van der Waals surface area contributed by atoms with Crippen molar-refractivity contribution in [2.24, 2.45) is 0 Å². The Hall–Kier alpha value is -2.87. The quantitative estimate of drug-likeness (QED) is 0.801. The number of amides is 2. The lowest BCUT2D eigenvalue weighted by Gasteiger charge is -2.23. The average molecular weight is 402 g/mol. The Morgan fingerprint density at radius 1 is 1.00 bits per heavy atom. The second-order valence-electron chi connectivity index (χ2n) is 6.08. The molecule has 8 heteroatoms. The van der Waals surface area contributed by atoms with E-state index in [0.717, 1.165) is 0 Å². The van der Waals surface area contributed by atoms with Gasteiger partial charge in [-0.2, -0.15) is 0 Å². The summed E-state index contributed by atoms with van der Waals surface area (Å²) in [5.41, 5.74) is 1.10. The van der Waals surface area contributed by atoms with E-state index in [2.05, 4.69) is 5.32 Å². The van der Waals surface area contributed by atoms with Gasteiger partial charge in [0.05, 0.1) is 27.2 Å². The molecule has 1 saturated heterocycles. The molecule has 0 aromatic heterocycles. The Morgan fingerprint density at radius 3 is 2.36 bits per heavy atom. The Labute approximate surface area is 167 Å². The molecular formula is C20H22N2O5S. The highest BCUT2D eigenvalue weighted by Crippen LogP contribution is 2.30. The molecule has 1 N–H and O–H groups in total. The second kappa shape index (κ2) is 8.88. The van der Waals surface area contributed by atoms with Crippen LogP contribution in [0, 0.1) is 0 Å². The lowest BCUT2D eigenvalue weighted by atomic mass is 10.1. The normalized spacial score (nSPS) is 15.8. The van der Waals surface area contributed by atoms with Crippen molar-refractivity contribution in [3.8, 4) is 17.2 Å². The number of carbonyl (C=O) groups excluding carboxylic acids is 2. The molecular weight excluding hydrogens is 380 g/mol. The summed E-state index contributed by atoms with van der Waals surface area (Å²) in [7, 11) is 4.64. The fraction of sp³-hybridized carbons (Fsp3) is 0.300. The van der Waals surface area contributed by atoms with E-state index < -0.39 is 6.04 Å². The van der Waals surface area contributed by atoms with Gasteiger partial charge in [0.25, 0.3) is 5.91 Å². The highest BCUT2D eigenvalue weighted by molar-refractivity contribution is 7.99. The molecule has 0 radical (unpaired) electrons. The van der Waals surface area contributed by atoms with Gasteiger partial charge < -0.3 is 24.4 Å². The van der Waals surface area contributed by atoms with E-state index in [1.165, 1.54) is 14.2 Å². The van der Waals surface area contributed by atoms with Gasteiger partial charge in [0.2, 0.25) is 5.91 Å². The summed E-state index contributed by atoms with van der Waals surface area (Å²) in [6, 6.07) is 11.5. The van der Waals surface area contributed by atoms with E-state index in [1.807, 2.05) is 0 Å². The molecule has 7 nitrogen and oxygen atoms in total. The van der Waals surface area contributed by atoms with Gasteiger partial charge in [-0.25, -0.2) is 0 Å². The summed E-state index contributed by atoms with van der Waals surface area (Å²) in [4.78, 5) is 27.3. The number of hydrogen-bond acceptors (Lipinski definition) is 6. The minimum Gasteiger partial charge on any atom is -0.497 e. The molecule has 1 atom stereocenters. The number of benzene rings is 2. The van der Waals surface area contributed by atoms with Gasteiger partial charge in [-0.3, -0.25) is 9.59 Å². The third-order valence-corrected chi connectivity index (χ3v) is 5.45. The Balaban J connectivity index is 1.74.